The topological polar surface area (TPSA) is 35.5 Å². The fourth-order valence-corrected chi connectivity index (χ4v) is 0.558. The molecule has 0 bridgehead atoms. The zero-order valence-corrected chi connectivity index (χ0v) is 6.97. The predicted octanol–water partition coefficient (Wildman–Crippen LogP) is 2.30. The number of allylic oxidation sites excluding steroid dienone is 1. The molecular weight excluding hydrogens is 168 g/mol. The molecule has 0 atom stereocenters. The molecular formula is C7H11ClO3. The summed E-state index contributed by atoms with van der Waals surface area (Å²) in [5.41, 5.74) is 0. The van der Waals surface area contributed by atoms with Crippen molar-refractivity contribution in [2.45, 2.75) is 12.8 Å². The van der Waals surface area contributed by atoms with Crippen LogP contribution in [-0.4, -0.2) is 18.8 Å². The van der Waals surface area contributed by atoms with Crippen LogP contribution in [0, 0.1) is 0 Å². The largest absolute Gasteiger partial charge is 0.509 e. The molecule has 0 radical (unpaired) electrons. The summed E-state index contributed by atoms with van der Waals surface area (Å²) >= 11 is 5.10. The van der Waals surface area contributed by atoms with E-state index in [1.54, 1.807) is 6.08 Å². The SMILES string of the molecule is C=CCCCOC(=O)OCCl. The Kier molecular flexibility index (Phi) is 6.94. The van der Waals surface area contributed by atoms with Gasteiger partial charge in [0.15, 0.2) is 6.07 Å². The molecule has 64 valence electrons. The van der Waals surface area contributed by atoms with Gasteiger partial charge in [-0.3, -0.25) is 0 Å². The van der Waals surface area contributed by atoms with E-state index in [9.17, 15) is 4.79 Å². The molecule has 0 N–H and O–H groups in total. The minimum Gasteiger partial charge on any atom is -0.434 e. The van der Waals surface area contributed by atoms with Gasteiger partial charge in [0.05, 0.1) is 6.61 Å². The lowest BCUT2D eigenvalue weighted by Gasteiger charge is -2.01. The monoisotopic (exact) mass is 178 g/mol. The first-order valence-electron chi connectivity index (χ1n) is 3.27. The average molecular weight is 179 g/mol. The standard InChI is InChI=1S/C7H11ClO3/c1-2-3-4-5-10-7(9)11-6-8/h2H,1,3-6H2. The van der Waals surface area contributed by atoms with Crippen molar-refractivity contribution in [2.24, 2.45) is 0 Å². The van der Waals surface area contributed by atoms with Crippen LogP contribution in [0.25, 0.3) is 0 Å². The molecule has 0 heterocycles. The minimum atomic E-state index is -0.718. The molecule has 0 aromatic carbocycles. The van der Waals surface area contributed by atoms with Crippen LogP contribution >= 0.6 is 11.6 Å². The Morgan fingerprint density at radius 2 is 2.27 bits per heavy atom. The van der Waals surface area contributed by atoms with Gasteiger partial charge in [0.25, 0.3) is 0 Å². The normalized spacial score (nSPS) is 8.82. The van der Waals surface area contributed by atoms with Crippen LogP contribution < -0.4 is 0 Å². The van der Waals surface area contributed by atoms with E-state index in [0.29, 0.717) is 6.61 Å². The fraction of sp³-hybridized carbons (Fsp3) is 0.571. The maximum Gasteiger partial charge on any atom is 0.509 e. The van der Waals surface area contributed by atoms with Crippen molar-refractivity contribution in [1.29, 1.82) is 0 Å². The summed E-state index contributed by atoms with van der Waals surface area (Å²) in [6.07, 6.45) is 2.63. The van der Waals surface area contributed by atoms with E-state index < -0.39 is 6.16 Å². The van der Waals surface area contributed by atoms with Crippen molar-refractivity contribution in [3.8, 4) is 0 Å². The average Bonchev–Trinajstić information content (AvgIpc) is 1.99. The second kappa shape index (κ2) is 7.41. The maximum absolute atomic E-state index is 10.5. The molecule has 0 aliphatic rings. The summed E-state index contributed by atoms with van der Waals surface area (Å²) < 4.78 is 8.89. The van der Waals surface area contributed by atoms with E-state index in [-0.39, 0.29) is 6.07 Å². The number of carbonyl (C=O) groups is 1. The zero-order valence-electron chi connectivity index (χ0n) is 6.22. The second-order valence-corrected chi connectivity index (χ2v) is 2.00. The second-order valence-electron chi connectivity index (χ2n) is 1.78. The van der Waals surface area contributed by atoms with E-state index >= 15 is 0 Å². The first kappa shape index (κ1) is 10.3. The Labute approximate surface area is 70.9 Å². The number of rotatable bonds is 5. The number of alkyl halides is 1. The van der Waals surface area contributed by atoms with Gasteiger partial charge in [0, 0.05) is 0 Å². The minimum absolute atomic E-state index is 0.166. The van der Waals surface area contributed by atoms with Crippen molar-refractivity contribution >= 4 is 17.8 Å². The maximum atomic E-state index is 10.5. The van der Waals surface area contributed by atoms with Crippen LogP contribution in [-0.2, 0) is 9.47 Å². The van der Waals surface area contributed by atoms with Gasteiger partial charge >= 0.3 is 6.16 Å². The van der Waals surface area contributed by atoms with E-state index in [1.165, 1.54) is 0 Å². The van der Waals surface area contributed by atoms with Crippen LogP contribution in [0.5, 0.6) is 0 Å². The molecule has 3 nitrogen and oxygen atoms in total. The number of hydrogen-bond donors (Lipinski definition) is 0. The Balaban J connectivity index is 3.10. The van der Waals surface area contributed by atoms with E-state index in [0.717, 1.165) is 12.8 Å². The third-order valence-electron chi connectivity index (χ3n) is 0.945. The fourth-order valence-electron chi connectivity index (χ4n) is 0.469. The first-order valence-corrected chi connectivity index (χ1v) is 3.81. The van der Waals surface area contributed by atoms with E-state index in [1.807, 2.05) is 0 Å². The summed E-state index contributed by atoms with van der Waals surface area (Å²) in [6, 6.07) is -0.166. The van der Waals surface area contributed by atoms with Crippen molar-refractivity contribution < 1.29 is 14.3 Å². The van der Waals surface area contributed by atoms with Crippen molar-refractivity contribution in [1.82, 2.24) is 0 Å². The lowest BCUT2D eigenvalue weighted by molar-refractivity contribution is 0.0671. The van der Waals surface area contributed by atoms with Crippen LogP contribution in [0.15, 0.2) is 12.7 Å². The summed E-state index contributed by atoms with van der Waals surface area (Å²) in [7, 11) is 0. The molecule has 0 aliphatic carbocycles. The Morgan fingerprint density at radius 3 is 2.82 bits per heavy atom. The van der Waals surface area contributed by atoms with E-state index in [2.05, 4.69) is 16.1 Å². The summed E-state index contributed by atoms with van der Waals surface area (Å²) in [6.45, 7) is 3.87. The number of hydrogen-bond acceptors (Lipinski definition) is 3. The molecule has 0 fully saturated rings. The molecule has 0 saturated heterocycles. The number of unbranched alkanes of at least 4 members (excludes halogenated alkanes) is 1. The van der Waals surface area contributed by atoms with Crippen LogP contribution in [0.1, 0.15) is 12.8 Å². The van der Waals surface area contributed by atoms with Crippen LogP contribution in [0.4, 0.5) is 4.79 Å². The number of halogens is 1. The Hall–Kier alpha value is -0.700. The summed E-state index contributed by atoms with van der Waals surface area (Å²) in [5.74, 6) is 0. The van der Waals surface area contributed by atoms with Gasteiger partial charge in [-0.2, -0.15) is 0 Å². The van der Waals surface area contributed by atoms with Crippen LogP contribution in [0.3, 0.4) is 0 Å². The quantitative estimate of drug-likeness (QED) is 0.281. The zero-order chi connectivity index (χ0) is 8.53. The smallest absolute Gasteiger partial charge is 0.434 e. The van der Waals surface area contributed by atoms with Crippen LogP contribution in [0.2, 0.25) is 0 Å². The Bertz CT molecular complexity index is 125. The van der Waals surface area contributed by atoms with Gasteiger partial charge in [0.2, 0.25) is 0 Å². The Morgan fingerprint density at radius 1 is 1.55 bits per heavy atom. The molecule has 4 heteroatoms. The molecule has 0 amide bonds. The summed E-state index contributed by atoms with van der Waals surface area (Å²) in [4.78, 5) is 10.5. The third kappa shape index (κ3) is 7.19. The van der Waals surface area contributed by atoms with Gasteiger partial charge < -0.3 is 9.47 Å². The van der Waals surface area contributed by atoms with Gasteiger partial charge in [-0.15, -0.1) is 6.58 Å². The number of ether oxygens (including phenoxy) is 2. The molecule has 0 aromatic heterocycles. The van der Waals surface area contributed by atoms with Crippen molar-refractivity contribution in [3.63, 3.8) is 0 Å². The van der Waals surface area contributed by atoms with Gasteiger partial charge in [-0.1, -0.05) is 17.7 Å². The predicted molar refractivity (Wildman–Crippen MR) is 42.6 cm³/mol. The highest BCUT2D eigenvalue weighted by Gasteiger charge is 1.99. The van der Waals surface area contributed by atoms with E-state index in [4.69, 9.17) is 11.6 Å². The summed E-state index contributed by atoms with van der Waals surface area (Å²) in [5, 5.41) is 0. The van der Waals surface area contributed by atoms with Gasteiger partial charge in [-0.25, -0.2) is 4.79 Å². The first-order chi connectivity index (χ1) is 5.31. The lowest BCUT2D eigenvalue weighted by atomic mass is 10.3. The molecule has 0 unspecified atom stereocenters. The molecule has 0 spiro atoms. The highest BCUT2D eigenvalue weighted by Crippen LogP contribution is 1.93. The molecule has 0 rings (SSSR count). The molecule has 0 aliphatic heterocycles. The molecule has 11 heavy (non-hydrogen) atoms. The highest BCUT2D eigenvalue weighted by molar-refractivity contribution is 6.17. The third-order valence-corrected chi connectivity index (χ3v) is 1.05. The highest BCUT2D eigenvalue weighted by atomic mass is 35.5. The van der Waals surface area contributed by atoms with Crippen molar-refractivity contribution in [3.05, 3.63) is 12.7 Å². The lowest BCUT2D eigenvalue weighted by Crippen LogP contribution is -2.06. The van der Waals surface area contributed by atoms with Gasteiger partial charge in [0.1, 0.15) is 0 Å². The number of carbonyl (C=O) groups excluding carboxylic acids is 1. The van der Waals surface area contributed by atoms with Gasteiger partial charge in [-0.05, 0) is 12.8 Å². The molecule has 0 aromatic rings. The van der Waals surface area contributed by atoms with Crippen molar-refractivity contribution in [2.75, 3.05) is 12.7 Å². The molecule has 0 saturated carbocycles.